The number of nitrogens with zero attached hydrogens (tertiary/aromatic N) is 3. The Balaban J connectivity index is 1.88. The highest BCUT2D eigenvalue weighted by molar-refractivity contribution is 6.30. The Bertz CT molecular complexity index is 724. The number of nitro groups is 1. The zero-order valence-corrected chi connectivity index (χ0v) is 11.6. The van der Waals surface area contributed by atoms with Gasteiger partial charge in [0.2, 0.25) is 0 Å². The first kappa shape index (κ1) is 13.6. The van der Waals surface area contributed by atoms with Crippen molar-refractivity contribution in [2.24, 2.45) is 0 Å². The van der Waals surface area contributed by atoms with Crippen LogP contribution >= 0.6 is 11.6 Å². The molecule has 0 aromatic carbocycles. The molecule has 0 saturated heterocycles. The predicted molar refractivity (Wildman–Crippen MR) is 76.6 cm³/mol. The Kier molecular flexibility index (Phi) is 3.34. The standard InChI is InChI=1S/C13H11ClN4O3/c14-8-3-4-15-12(5-8)16-13(19)11-6-10(18(20)21)7-17(11)9-1-2-9/h3-7,9H,1-2H2,(H,15,16,19). The number of anilines is 1. The second kappa shape index (κ2) is 5.17. The van der Waals surface area contributed by atoms with Crippen LogP contribution in [-0.2, 0) is 0 Å². The fourth-order valence-electron chi connectivity index (χ4n) is 2.05. The monoisotopic (exact) mass is 306 g/mol. The van der Waals surface area contributed by atoms with Crippen LogP contribution < -0.4 is 5.32 Å². The maximum absolute atomic E-state index is 12.3. The van der Waals surface area contributed by atoms with Crippen LogP contribution in [0.15, 0.2) is 30.6 Å². The van der Waals surface area contributed by atoms with Gasteiger partial charge < -0.3 is 9.88 Å². The summed E-state index contributed by atoms with van der Waals surface area (Å²) in [4.78, 5) is 26.6. The van der Waals surface area contributed by atoms with Gasteiger partial charge in [0.25, 0.3) is 11.6 Å². The van der Waals surface area contributed by atoms with Crippen LogP contribution in [0.2, 0.25) is 5.02 Å². The molecule has 8 heteroatoms. The summed E-state index contributed by atoms with van der Waals surface area (Å²) in [5.41, 5.74) is 0.164. The number of halogens is 1. The summed E-state index contributed by atoms with van der Waals surface area (Å²) in [5, 5.41) is 13.9. The number of nitrogens with one attached hydrogen (secondary N) is 1. The molecule has 1 amide bonds. The molecule has 1 saturated carbocycles. The van der Waals surface area contributed by atoms with Crippen LogP contribution in [0.4, 0.5) is 11.5 Å². The molecular weight excluding hydrogens is 296 g/mol. The number of aromatic nitrogens is 2. The topological polar surface area (TPSA) is 90.1 Å². The summed E-state index contributed by atoms with van der Waals surface area (Å²) < 4.78 is 1.65. The summed E-state index contributed by atoms with van der Waals surface area (Å²) in [7, 11) is 0. The van der Waals surface area contributed by atoms with Crippen molar-refractivity contribution in [3.05, 3.63) is 51.4 Å². The van der Waals surface area contributed by atoms with E-state index in [1.54, 1.807) is 10.6 Å². The summed E-state index contributed by atoms with van der Waals surface area (Å²) in [6, 6.07) is 4.54. The van der Waals surface area contributed by atoms with Crippen LogP contribution in [-0.4, -0.2) is 20.4 Å². The van der Waals surface area contributed by atoms with Crippen LogP contribution in [0.25, 0.3) is 0 Å². The second-order valence-electron chi connectivity index (χ2n) is 4.79. The molecule has 108 valence electrons. The largest absolute Gasteiger partial charge is 0.334 e. The van der Waals surface area contributed by atoms with Gasteiger partial charge in [0.05, 0.1) is 11.1 Å². The van der Waals surface area contributed by atoms with Crippen molar-refractivity contribution < 1.29 is 9.72 Å². The number of hydrogen-bond acceptors (Lipinski definition) is 4. The third-order valence-corrected chi connectivity index (χ3v) is 3.42. The van der Waals surface area contributed by atoms with Gasteiger partial charge in [-0.15, -0.1) is 0 Å². The summed E-state index contributed by atoms with van der Waals surface area (Å²) in [6.45, 7) is 0. The van der Waals surface area contributed by atoms with E-state index < -0.39 is 10.8 Å². The van der Waals surface area contributed by atoms with Gasteiger partial charge in [-0.2, -0.15) is 0 Å². The van der Waals surface area contributed by atoms with E-state index in [-0.39, 0.29) is 17.4 Å². The van der Waals surface area contributed by atoms with E-state index >= 15 is 0 Å². The predicted octanol–water partition coefficient (Wildman–Crippen LogP) is 3.03. The van der Waals surface area contributed by atoms with Gasteiger partial charge in [-0.1, -0.05) is 11.6 Å². The Morgan fingerprint density at radius 1 is 1.48 bits per heavy atom. The molecule has 0 spiro atoms. The average molecular weight is 307 g/mol. The first-order valence-electron chi connectivity index (χ1n) is 6.34. The number of hydrogen-bond donors (Lipinski definition) is 1. The Morgan fingerprint density at radius 3 is 2.86 bits per heavy atom. The number of rotatable bonds is 4. The van der Waals surface area contributed by atoms with Crippen molar-refractivity contribution in [2.75, 3.05) is 5.32 Å². The minimum atomic E-state index is -0.507. The molecule has 1 aliphatic rings. The van der Waals surface area contributed by atoms with Gasteiger partial charge in [0.1, 0.15) is 11.5 Å². The van der Waals surface area contributed by atoms with E-state index in [4.69, 9.17) is 11.6 Å². The molecule has 3 rings (SSSR count). The molecule has 0 aliphatic heterocycles. The Morgan fingerprint density at radius 2 is 2.24 bits per heavy atom. The minimum absolute atomic E-state index is 0.0916. The lowest BCUT2D eigenvalue weighted by Crippen LogP contribution is -2.17. The van der Waals surface area contributed by atoms with E-state index in [1.807, 2.05) is 0 Å². The average Bonchev–Trinajstić information content (AvgIpc) is 3.17. The molecular formula is C13H11ClN4O3. The summed E-state index contributed by atoms with van der Waals surface area (Å²) >= 11 is 5.83. The summed E-state index contributed by atoms with van der Waals surface area (Å²) in [5.74, 6) is -0.136. The fourth-order valence-corrected chi connectivity index (χ4v) is 2.21. The molecule has 7 nitrogen and oxygen atoms in total. The number of carbonyl (C=O) groups is 1. The lowest BCUT2D eigenvalue weighted by atomic mass is 10.3. The molecule has 2 aromatic heterocycles. The number of carbonyl (C=O) groups excluding carboxylic acids is 1. The van der Waals surface area contributed by atoms with E-state index in [0.717, 1.165) is 12.8 Å². The molecule has 2 aromatic rings. The van der Waals surface area contributed by atoms with E-state index in [2.05, 4.69) is 10.3 Å². The van der Waals surface area contributed by atoms with Crippen molar-refractivity contribution >= 4 is 29.0 Å². The molecule has 0 unspecified atom stereocenters. The number of pyridine rings is 1. The normalized spacial score (nSPS) is 14.0. The van der Waals surface area contributed by atoms with Crippen LogP contribution in [0, 0.1) is 10.1 Å². The summed E-state index contributed by atoms with van der Waals surface area (Å²) in [6.07, 6.45) is 4.71. The quantitative estimate of drug-likeness (QED) is 0.694. The van der Waals surface area contributed by atoms with Gasteiger partial charge in [-0.3, -0.25) is 14.9 Å². The lowest BCUT2D eigenvalue weighted by Gasteiger charge is -2.07. The number of amides is 1. The second-order valence-corrected chi connectivity index (χ2v) is 5.23. The lowest BCUT2D eigenvalue weighted by molar-refractivity contribution is -0.384. The molecule has 0 bridgehead atoms. The molecule has 2 heterocycles. The first-order chi connectivity index (χ1) is 10.0. The Labute approximate surface area is 124 Å². The van der Waals surface area contributed by atoms with E-state index in [9.17, 15) is 14.9 Å². The molecule has 1 aliphatic carbocycles. The van der Waals surface area contributed by atoms with Crippen molar-refractivity contribution in [3.63, 3.8) is 0 Å². The van der Waals surface area contributed by atoms with Gasteiger partial charge >= 0.3 is 0 Å². The van der Waals surface area contributed by atoms with Gasteiger partial charge in [-0.25, -0.2) is 4.98 Å². The van der Waals surface area contributed by atoms with Crippen LogP contribution in [0.3, 0.4) is 0 Å². The van der Waals surface area contributed by atoms with E-state index in [1.165, 1.54) is 24.5 Å². The Hall–Kier alpha value is -2.41. The maximum atomic E-state index is 12.3. The zero-order valence-electron chi connectivity index (χ0n) is 10.8. The smallest absolute Gasteiger partial charge is 0.287 e. The van der Waals surface area contributed by atoms with Crippen molar-refractivity contribution in [2.45, 2.75) is 18.9 Å². The highest BCUT2D eigenvalue weighted by Crippen LogP contribution is 2.38. The molecule has 0 radical (unpaired) electrons. The van der Waals surface area contributed by atoms with Gasteiger partial charge in [0.15, 0.2) is 0 Å². The van der Waals surface area contributed by atoms with E-state index in [0.29, 0.717) is 10.8 Å². The van der Waals surface area contributed by atoms with Crippen LogP contribution in [0.5, 0.6) is 0 Å². The van der Waals surface area contributed by atoms with Gasteiger partial charge in [-0.05, 0) is 25.0 Å². The molecule has 21 heavy (non-hydrogen) atoms. The molecule has 1 N–H and O–H groups in total. The van der Waals surface area contributed by atoms with Crippen LogP contribution in [0.1, 0.15) is 29.4 Å². The third kappa shape index (κ3) is 2.87. The van der Waals surface area contributed by atoms with Crippen molar-refractivity contribution in [1.82, 2.24) is 9.55 Å². The highest BCUT2D eigenvalue weighted by Gasteiger charge is 2.30. The fraction of sp³-hybridized carbons (Fsp3) is 0.231. The molecule has 1 fully saturated rings. The van der Waals surface area contributed by atoms with Gasteiger partial charge in [0, 0.05) is 23.3 Å². The van der Waals surface area contributed by atoms with Crippen molar-refractivity contribution in [1.29, 1.82) is 0 Å². The SMILES string of the molecule is O=C(Nc1cc(Cl)ccn1)c1cc([N+](=O)[O-])cn1C1CC1. The highest BCUT2D eigenvalue weighted by atomic mass is 35.5. The maximum Gasteiger partial charge on any atom is 0.287 e. The molecule has 0 atom stereocenters. The van der Waals surface area contributed by atoms with Crippen molar-refractivity contribution in [3.8, 4) is 0 Å². The first-order valence-corrected chi connectivity index (χ1v) is 6.71. The third-order valence-electron chi connectivity index (χ3n) is 3.18. The minimum Gasteiger partial charge on any atom is -0.334 e. The zero-order chi connectivity index (χ0) is 15.0.